The number of carbonyl (C=O) groups excluding carboxylic acids is 2. The smallest absolute Gasteiger partial charge is 0.312 e. The Labute approximate surface area is 146 Å². The number of esters is 2. The number of ether oxygens (including phenoxy) is 3. The van der Waals surface area contributed by atoms with Crippen molar-refractivity contribution < 1.29 is 45.8 Å². The third-order valence-corrected chi connectivity index (χ3v) is 3.32. The van der Waals surface area contributed by atoms with Crippen LogP contribution in [0.4, 0.5) is 22.0 Å². The number of hydrogen-bond acceptors (Lipinski definition) is 5. The molecule has 0 aliphatic heterocycles. The highest BCUT2D eigenvalue weighted by Gasteiger charge is 2.33. The maximum Gasteiger partial charge on any atom is 0.312 e. The minimum Gasteiger partial charge on any atom is -0.465 e. The molecule has 0 bridgehead atoms. The maximum atomic E-state index is 13.6. The second-order valence-electron chi connectivity index (χ2n) is 5.81. The lowest BCUT2D eigenvalue weighted by molar-refractivity contribution is -0.151. The van der Waals surface area contributed by atoms with E-state index in [1.165, 1.54) is 14.0 Å². The van der Waals surface area contributed by atoms with Gasteiger partial charge < -0.3 is 14.2 Å². The van der Waals surface area contributed by atoms with E-state index in [4.69, 9.17) is 9.47 Å². The predicted octanol–water partition coefficient (Wildman–Crippen LogP) is 3.28. The van der Waals surface area contributed by atoms with Crippen LogP contribution in [0, 0.1) is 34.5 Å². The molecule has 0 aliphatic rings. The summed E-state index contributed by atoms with van der Waals surface area (Å²) in [6.07, 6.45) is -0.491. The van der Waals surface area contributed by atoms with Crippen molar-refractivity contribution in [2.24, 2.45) is 5.41 Å². The summed E-state index contributed by atoms with van der Waals surface area (Å²) in [6, 6.07) is 0. The molecule has 10 heteroatoms. The first-order valence-electron chi connectivity index (χ1n) is 7.43. The summed E-state index contributed by atoms with van der Waals surface area (Å²) in [5.41, 5.74) is -1.14. The standard InChI is InChI=1S/C16H17F5O5/c1-4-8(22)25-7-16(2,6-24-3)5-9(23)26-15-13(20)11(18)10(17)12(19)14(15)21/h4-7H2,1-3H3. The van der Waals surface area contributed by atoms with Crippen LogP contribution in [-0.4, -0.2) is 32.3 Å². The topological polar surface area (TPSA) is 61.8 Å². The fourth-order valence-corrected chi connectivity index (χ4v) is 2.02. The van der Waals surface area contributed by atoms with E-state index in [9.17, 15) is 31.5 Å². The van der Waals surface area contributed by atoms with Gasteiger partial charge in [0.2, 0.25) is 34.8 Å². The Morgan fingerprint density at radius 3 is 1.85 bits per heavy atom. The molecule has 1 rings (SSSR count). The Morgan fingerprint density at radius 1 is 0.885 bits per heavy atom. The molecule has 0 heterocycles. The SMILES string of the molecule is CCC(=O)OCC(C)(COC)CC(=O)Oc1c(F)c(F)c(F)c(F)c1F. The van der Waals surface area contributed by atoms with Crippen LogP contribution in [0.3, 0.4) is 0 Å². The molecular weight excluding hydrogens is 367 g/mol. The molecule has 5 nitrogen and oxygen atoms in total. The van der Waals surface area contributed by atoms with Crippen molar-refractivity contribution in [3.63, 3.8) is 0 Å². The molecule has 0 radical (unpaired) electrons. The van der Waals surface area contributed by atoms with Crippen LogP contribution in [0.2, 0.25) is 0 Å². The van der Waals surface area contributed by atoms with E-state index in [2.05, 4.69) is 4.74 Å². The van der Waals surface area contributed by atoms with Crippen LogP contribution >= 0.6 is 0 Å². The lowest BCUT2D eigenvalue weighted by Crippen LogP contribution is -2.34. The van der Waals surface area contributed by atoms with Crippen LogP contribution in [-0.2, 0) is 19.1 Å². The summed E-state index contributed by atoms with van der Waals surface area (Å²) in [6.45, 7) is 2.63. The van der Waals surface area contributed by atoms with Gasteiger partial charge in [0.15, 0.2) is 0 Å². The second-order valence-corrected chi connectivity index (χ2v) is 5.81. The predicted molar refractivity (Wildman–Crippen MR) is 77.7 cm³/mol. The number of benzene rings is 1. The van der Waals surface area contributed by atoms with Crippen molar-refractivity contribution in [2.75, 3.05) is 20.3 Å². The molecule has 0 aromatic heterocycles. The van der Waals surface area contributed by atoms with Crippen molar-refractivity contribution in [2.45, 2.75) is 26.7 Å². The molecule has 0 N–H and O–H groups in total. The van der Waals surface area contributed by atoms with E-state index in [1.54, 1.807) is 6.92 Å². The second kappa shape index (κ2) is 8.93. The number of carbonyl (C=O) groups is 2. The Balaban J connectivity index is 2.97. The highest BCUT2D eigenvalue weighted by Crippen LogP contribution is 2.31. The molecule has 0 aliphatic carbocycles. The number of rotatable bonds is 8. The summed E-state index contributed by atoms with van der Waals surface area (Å²) >= 11 is 0. The first kappa shape index (κ1) is 21.8. The van der Waals surface area contributed by atoms with Gasteiger partial charge in [-0.3, -0.25) is 9.59 Å². The Morgan fingerprint density at radius 2 is 1.38 bits per heavy atom. The Kier molecular flexibility index (Phi) is 7.49. The van der Waals surface area contributed by atoms with Gasteiger partial charge in [-0.15, -0.1) is 0 Å². The van der Waals surface area contributed by atoms with Gasteiger partial charge in [0.1, 0.15) is 0 Å². The zero-order valence-electron chi connectivity index (χ0n) is 14.3. The van der Waals surface area contributed by atoms with Crippen LogP contribution in [0.5, 0.6) is 5.75 Å². The molecule has 1 aromatic rings. The van der Waals surface area contributed by atoms with Gasteiger partial charge in [0.05, 0.1) is 19.6 Å². The Bertz CT molecular complexity index is 665. The average molecular weight is 384 g/mol. The molecule has 1 atom stereocenters. The van der Waals surface area contributed by atoms with Crippen molar-refractivity contribution in [1.29, 1.82) is 0 Å². The van der Waals surface area contributed by atoms with Gasteiger partial charge in [0.25, 0.3) is 0 Å². The summed E-state index contributed by atoms with van der Waals surface area (Å²) in [4.78, 5) is 23.2. The monoisotopic (exact) mass is 384 g/mol. The third kappa shape index (κ3) is 5.13. The van der Waals surface area contributed by atoms with Gasteiger partial charge >= 0.3 is 11.9 Å². The van der Waals surface area contributed by atoms with Gasteiger partial charge in [0, 0.05) is 18.9 Å². The quantitative estimate of drug-likeness (QED) is 0.226. The van der Waals surface area contributed by atoms with Gasteiger partial charge in [-0.25, -0.2) is 13.2 Å². The van der Waals surface area contributed by atoms with Crippen molar-refractivity contribution in [1.82, 2.24) is 0 Å². The maximum absolute atomic E-state index is 13.6. The zero-order chi connectivity index (χ0) is 20.1. The van der Waals surface area contributed by atoms with E-state index in [1.807, 2.05) is 0 Å². The molecule has 26 heavy (non-hydrogen) atoms. The highest BCUT2D eigenvalue weighted by molar-refractivity contribution is 5.73. The molecule has 0 spiro atoms. The summed E-state index contributed by atoms with van der Waals surface area (Å²) in [5.74, 6) is -14.9. The third-order valence-electron chi connectivity index (χ3n) is 3.32. The number of methoxy groups -OCH3 is 1. The minimum atomic E-state index is -2.37. The van der Waals surface area contributed by atoms with E-state index in [0.29, 0.717) is 0 Å². The first-order chi connectivity index (χ1) is 12.1. The molecular formula is C16H17F5O5. The molecule has 146 valence electrons. The minimum absolute atomic E-state index is 0.0814. The Hall–Kier alpha value is -2.23. The van der Waals surface area contributed by atoms with Gasteiger partial charge in [-0.05, 0) is 0 Å². The molecule has 0 fully saturated rings. The average Bonchev–Trinajstić information content (AvgIpc) is 2.60. The molecule has 0 saturated heterocycles. The van der Waals surface area contributed by atoms with E-state index in [-0.39, 0.29) is 19.6 Å². The normalized spacial score (nSPS) is 13.2. The van der Waals surface area contributed by atoms with E-state index >= 15 is 0 Å². The van der Waals surface area contributed by atoms with E-state index < -0.39 is 58.6 Å². The van der Waals surface area contributed by atoms with E-state index in [0.717, 1.165) is 0 Å². The fraction of sp³-hybridized carbons (Fsp3) is 0.500. The number of hydrogen-bond donors (Lipinski definition) is 0. The summed E-state index contributed by atoms with van der Waals surface area (Å²) < 4.78 is 80.5. The van der Waals surface area contributed by atoms with Gasteiger partial charge in [-0.2, -0.15) is 8.78 Å². The number of halogens is 5. The fourth-order valence-electron chi connectivity index (χ4n) is 2.02. The highest BCUT2D eigenvalue weighted by atomic mass is 19.2. The molecule has 0 saturated carbocycles. The summed E-state index contributed by atoms with van der Waals surface area (Å²) in [5, 5.41) is 0. The van der Waals surface area contributed by atoms with Crippen molar-refractivity contribution in [3.8, 4) is 5.75 Å². The van der Waals surface area contributed by atoms with Crippen molar-refractivity contribution in [3.05, 3.63) is 29.1 Å². The van der Waals surface area contributed by atoms with Crippen LogP contribution in [0.15, 0.2) is 0 Å². The molecule has 1 aromatic carbocycles. The van der Waals surface area contributed by atoms with Crippen LogP contribution in [0.1, 0.15) is 26.7 Å². The lowest BCUT2D eigenvalue weighted by Gasteiger charge is -2.27. The molecule has 0 amide bonds. The first-order valence-corrected chi connectivity index (χ1v) is 7.43. The van der Waals surface area contributed by atoms with Crippen LogP contribution in [0.25, 0.3) is 0 Å². The largest absolute Gasteiger partial charge is 0.465 e. The molecule has 1 unspecified atom stereocenters. The zero-order valence-corrected chi connectivity index (χ0v) is 14.3. The van der Waals surface area contributed by atoms with Crippen molar-refractivity contribution >= 4 is 11.9 Å². The van der Waals surface area contributed by atoms with Crippen LogP contribution < -0.4 is 4.74 Å². The van der Waals surface area contributed by atoms with Gasteiger partial charge in [-0.1, -0.05) is 13.8 Å². The summed E-state index contributed by atoms with van der Waals surface area (Å²) in [7, 11) is 1.30. The lowest BCUT2D eigenvalue weighted by atomic mass is 9.89.